The van der Waals surface area contributed by atoms with Crippen LogP contribution in [0.5, 0.6) is 0 Å². The topological polar surface area (TPSA) is 101 Å². The van der Waals surface area contributed by atoms with Crippen molar-refractivity contribution >= 4 is 0 Å². The number of nitrogens with two attached hydrogens (primary N) is 1. The highest BCUT2D eigenvalue weighted by Crippen LogP contribution is 2.18. The first-order chi connectivity index (χ1) is 7.31. The van der Waals surface area contributed by atoms with E-state index in [9.17, 15) is 0 Å². The van der Waals surface area contributed by atoms with E-state index in [4.69, 9.17) is 10.8 Å². The summed E-state index contributed by atoms with van der Waals surface area (Å²) in [6.07, 6.45) is 0. The summed E-state index contributed by atoms with van der Waals surface area (Å²) >= 11 is 0. The van der Waals surface area contributed by atoms with Crippen LogP contribution in [-0.2, 0) is 0 Å². The minimum Gasteiger partial charge on any atom is -0.394 e. The molecule has 1 aromatic heterocycles. The van der Waals surface area contributed by atoms with Gasteiger partial charge in [-0.1, -0.05) is 18.2 Å². The lowest BCUT2D eigenvalue weighted by atomic mass is 10.1. The number of H-pyrrole nitrogens is 1. The van der Waals surface area contributed by atoms with Crippen molar-refractivity contribution in [3.05, 3.63) is 29.8 Å². The number of aliphatic hydroxyl groups is 1. The van der Waals surface area contributed by atoms with Gasteiger partial charge >= 0.3 is 0 Å². The molecule has 0 saturated heterocycles. The van der Waals surface area contributed by atoms with Crippen LogP contribution < -0.4 is 5.73 Å². The third kappa shape index (κ3) is 2.00. The van der Waals surface area contributed by atoms with Gasteiger partial charge in [-0.25, -0.2) is 0 Å². The van der Waals surface area contributed by atoms with Crippen molar-refractivity contribution in [2.45, 2.75) is 6.04 Å². The molecule has 2 aromatic rings. The molecule has 1 atom stereocenters. The number of nitrogens with one attached hydrogen (secondary N) is 1. The number of rotatable bonds is 3. The van der Waals surface area contributed by atoms with Gasteiger partial charge in [-0.05, 0) is 16.8 Å². The van der Waals surface area contributed by atoms with Crippen molar-refractivity contribution in [3.8, 4) is 11.4 Å². The highest BCUT2D eigenvalue weighted by molar-refractivity contribution is 5.55. The number of aliphatic hydroxyl groups excluding tert-OH is 1. The Hall–Kier alpha value is -1.79. The number of hydrogen-bond donors (Lipinski definition) is 3. The summed E-state index contributed by atoms with van der Waals surface area (Å²) in [4.78, 5) is 0. The first-order valence-electron chi connectivity index (χ1n) is 4.51. The van der Waals surface area contributed by atoms with Crippen LogP contribution in [0.3, 0.4) is 0 Å². The predicted octanol–water partition coefficient (Wildman–Crippen LogP) is -0.141. The highest BCUT2D eigenvalue weighted by Gasteiger charge is 2.07. The zero-order chi connectivity index (χ0) is 10.7. The maximum atomic E-state index is 8.93. The first kappa shape index (κ1) is 9.75. The van der Waals surface area contributed by atoms with Crippen LogP contribution >= 0.6 is 0 Å². The van der Waals surface area contributed by atoms with E-state index in [1.54, 1.807) is 0 Å². The SMILES string of the molecule is NC(CO)c1cccc(-c2nn[nH]n2)c1. The fourth-order valence-electron chi connectivity index (χ4n) is 1.30. The van der Waals surface area contributed by atoms with E-state index in [1.807, 2.05) is 24.3 Å². The van der Waals surface area contributed by atoms with Gasteiger partial charge in [-0.3, -0.25) is 0 Å². The molecule has 0 bridgehead atoms. The van der Waals surface area contributed by atoms with E-state index >= 15 is 0 Å². The first-order valence-corrected chi connectivity index (χ1v) is 4.51. The van der Waals surface area contributed by atoms with E-state index < -0.39 is 0 Å². The van der Waals surface area contributed by atoms with E-state index in [0.29, 0.717) is 5.82 Å². The highest BCUT2D eigenvalue weighted by atomic mass is 16.3. The van der Waals surface area contributed by atoms with Crippen LogP contribution in [0.1, 0.15) is 11.6 Å². The largest absolute Gasteiger partial charge is 0.394 e. The molecule has 0 fully saturated rings. The molecule has 6 nitrogen and oxygen atoms in total. The number of benzene rings is 1. The van der Waals surface area contributed by atoms with E-state index in [2.05, 4.69) is 20.6 Å². The third-order valence-corrected chi connectivity index (χ3v) is 2.12. The zero-order valence-electron chi connectivity index (χ0n) is 7.96. The summed E-state index contributed by atoms with van der Waals surface area (Å²) in [7, 11) is 0. The molecule has 6 heteroatoms. The Morgan fingerprint density at radius 2 is 2.33 bits per heavy atom. The van der Waals surface area contributed by atoms with Crippen molar-refractivity contribution in [3.63, 3.8) is 0 Å². The van der Waals surface area contributed by atoms with Crippen LogP contribution in [0.4, 0.5) is 0 Å². The quantitative estimate of drug-likeness (QED) is 0.647. The van der Waals surface area contributed by atoms with Gasteiger partial charge in [0.25, 0.3) is 0 Å². The van der Waals surface area contributed by atoms with Crippen LogP contribution in [0.2, 0.25) is 0 Å². The van der Waals surface area contributed by atoms with Crippen molar-refractivity contribution in [1.29, 1.82) is 0 Å². The molecule has 1 aromatic carbocycles. The van der Waals surface area contributed by atoms with Crippen molar-refractivity contribution in [2.24, 2.45) is 5.73 Å². The molecule has 15 heavy (non-hydrogen) atoms. The number of tetrazole rings is 1. The molecular formula is C9H11N5O. The molecule has 0 radical (unpaired) electrons. The molecular weight excluding hydrogens is 194 g/mol. The normalized spacial score (nSPS) is 12.7. The van der Waals surface area contributed by atoms with Crippen molar-refractivity contribution in [2.75, 3.05) is 6.61 Å². The second-order valence-electron chi connectivity index (χ2n) is 3.15. The molecule has 0 aliphatic rings. The van der Waals surface area contributed by atoms with Crippen LogP contribution in [0.25, 0.3) is 11.4 Å². The van der Waals surface area contributed by atoms with Gasteiger partial charge in [0.15, 0.2) is 0 Å². The molecule has 0 saturated carbocycles. The van der Waals surface area contributed by atoms with Crippen LogP contribution in [0, 0.1) is 0 Å². The lowest BCUT2D eigenvalue weighted by molar-refractivity contribution is 0.268. The summed E-state index contributed by atoms with van der Waals surface area (Å²) in [5.41, 5.74) is 7.37. The molecule has 2 rings (SSSR count). The van der Waals surface area contributed by atoms with E-state index in [1.165, 1.54) is 0 Å². The van der Waals surface area contributed by atoms with Gasteiger partial charge in [-0.2, -0.15) is 5.21 Å². The maximum absolute atomic E-state index is 8.93. The Labute approximate surface area is 86.1 Å². The molecule has 0 amide bonds. The average Bonchev–Trinajstić information content (AvgIpc) is 2.82. The molecule has 0 aliphatic heterocycles. The second-order valence-corrected chi connectivity index (χ2v) is 3.15. The number of aromatic amines is 1. The predicted molar refractivity (Wildman–Crippen MR) is 53.6 cm³/mol. The molecule has 4 N–H and O–H groups in total. The summed E-state index contributed by atoms with van der Waals surface area (Å²) in [6, 6.07) is 7.02. The summed E-state index contributed by atoms with van der Waals surface area (Å²) in [6.45, 7) is -0.0876. The second kappa shape index (κ2) is 4.16. The third-order valence-electron chi connectivity index (χ3n) is 2.12. The fourth-order valence-corrected chi connectivity index (χ4v) is 1.30. The smallest absolute Gasteiger partial charge is 0.204 e. The minimum absolute atomic E-state index is 0.0876. The number of aromatic nitrogens is 4. The Bertz CT molecular complexity index is 428. The van der Waals surface area contributed by atoms with Gasteiger partial charge < -0.3 is 10.8 Å². The zero-order valence-corrected chi connectivity index (χ0v) is 7.96. The summed E-state index contributed by atoms with van der Waals surface area (Å²) in [5, 5.41) is 22.5. The molecule has 1 unspecified atom stereocenters. The molecule has 0 spiro atoms. The molecule has 0 aliphatic carbocycles. The minimum atomic E-state index is -0.378. The average molecular weight is 205 g/mol. The fraction of sp³-hybridized carbons (Fsp3) is 0.222. The van der Waals surface area contributed by atoms with E-state index in [-0.39, 0.29) is 12.6 Å². The number of hydrogen-bond acceptors (Lipinski definition) is 5. The number of nitrogens with zero attached hydrogens (tertiary/aromatic N) is 3. The van der Waals surface area contributed by atoms with Gasteiger partial charge in [0.05, 0.1) is 12.6 Å². The van der Waals surface area contributed by atoms with Crippen LogP contribution in [0.15, 0.2) is 24.3 Å². The van der Waals surface area contributed by atoms with Crippen molar-refractivity contribution < 1.29 is 5.11 Å². The molecule has 78 valence electrons. The van der Waals surface area contributed by atoms with Crippen LogP contribution in [-0.4, -0.2) is 32.3 Å². The summed E-state index contributed by atoms with van der Waals surface area (Å²) < 4.78 is 0. The summed E-state index contributed by atoms with van der Waals surface area (Å²) in [5.74, 6) is 0.516. The van der Waals surface area contributed by atoms with E-state index in [0.717, 1.165) is 11.1 Å². The Balaban J connectivity index is 2.35. The lowest BCUT2D eigenvalue weighted by Crippen LogP contribution is -2.14. The Kier molecular flexibility index (Phi) is 2.70. The van der Waals surface area contributed by atoms with Gasteiger partial charge in [0, 0.05) is 5.56 Å². The van der Waals surface area contributed by atoms with Crippen molar-refractivity contribution in [1.82, 2.24) is 20.6 Å². The molecule has 1 heterocycles. The lowest BCUT2D eigenvalue weighted by Gasteiger charge is -2.08. The maximum Gasteiger partial charge on any atom is 0.204 e. The van der Waals surface area contributed by atoms with Gasteiger partial charge in [0.2, 0.25) is 5.82 Å². The van der Waals surface area contributed by atoms with Gasteiger partial charge in [0.1, 0.15) is 0 Å². The Morgan fingerprint density at radius 3 is 3.00 bits per heavy atom. The Morgan fingerprint density at radius 1 is 1.47 bits per heavy atom. The monoisotopic (exact) mass is 205 g/mol. The van der Waals surface area contributed by atoms with Gasteiger partial charge in [-0.15, -0.1) is 10.2 Å². The standard InChI is InChI=1S/C9H11N5O/c10-8(5-15)6-2-1-3-7(4-6)9-11-13-14-12-9/h1-4,8,15H,5,10H2,(H,11,12,13,14).